The zero-order chi connectivity index (χ0) is 22.2. The minimum absolute atomic E-state index is 0.0450. The van der Waals surface area contributed by atoms with Gasteiger partial charge in [-0.15, -0.1) is 0 Å². The van der Waals surface area contributed by atoms with Gasteiger partial charge in [-0.25, -0.2) is 22.4 Å². The lowest BCUT2D eigenvalue weighted by atomic mass is 9.39. The Balaban J connectivity index is 1.17. The number of rotatable bonds is 7. The molecular formula is C21H18F4N2O4. The second-order valence-corrected chi connectivity index (χ2v) is 8.05. The zero-order valence-electron chi connectivity index (χ0n) is 16.1. The van der Waals surface area contributed by atoms with Crippen LogP contribution in [0.1, 0.15) is 19.3 Å². The number of ether oxygens (including phenoxy) is 2. The van der Waals surface area contributed by atoms with Gasteiger partial charge in [0.25, 0.3) is 5.91 Å². The lowest BCUT2D eigenvalue weighted by molar-refractivity contribution is -0.183. The second kappa shape index (κ2) is 7.75. The summed E-state index contributed by atoms with van der Waals surface area (Å²) in [6.45, 7) is -0.210. The maximum Gasteiger partial charge on any atom is 0.411 e. The molecule has 0 aromatic heterocycles. The summed E-state index contributed by atoms with van der Waals surface area (Å²) in [4.78, 5) is 23.9. The average molecular weight is 438 g/mol. The highest BCUT2D eigenvalue weighted by Gasteiger charge is 2.69. The fourth-order valence-electron chi connectivity index (χ4n) is 4.28. The Labute approximate surface area is 174 Å². The number of nitrogens with one attached hydrogen (secondary N) is 2. The molecule has 3 aliphatic rings. The quantitative estimate of drug-likeness (QED) is 0.643. The molecule has 0 unspecified atom stereocenters. The third-order valence-corrected chi connectivity index (χ3v) is 5.48. The smallest absolute Gasteiger partial charge is 0.411 e. The van der Waals surface area contributed by atoms with Crippen molar-refractivity contribution in [3.05, 3.63) is 59.7 Å². The Morgan fingerprint density at radius 3 is 2.19 bits per heavy atom. The van der Waals surface area contributed by atoms with Crippen LogP contribution in [0.5, 0.6) is 5.75 Å². The number of hydrogen-bond acceptors (Lipinski definition) is 4. The van der Waals surface area contributed by atoms with E-state index in [0.717, 1.165) is 24.3 Å². The van der Waals surface area contributed by atoms with Crippen molar-refractivity contribution in [2.24, 2.45) is 5.41 Å². The lowest BCUT2D eigenvalue weighted by Crippen LogP contribution is -2.76. The highest BCUT2D eigenvalue weighted by Crippen LogP contribution is 2.67. The van der Waals surface area contributed by atoms with E-state index >= 15 is 0 Å². The van der Waals surface area contributed by atoms with Crippen LogP contribution >= 0.6 is 0 Å². The van der Waals surface area contributed by atoms with Gasteiger partial charge in [0.15, 0.2) is 29.9 Å². The summed E-state index contributed by atoms with van der Waals surface area (Å²) in [5, 5.41) is 5.18. The summed E-state index contributed by atoms with van der Waals surface area (Å²) >= 11 is 0. The molecule has 5 rings (SSSR count). The van der Waals surface area contributed by atoms with E-state index in [4.69, 9.17) is 9.47 Å². The summed E-state index contributed by atoms with van der Waals surface area (Å²) in [6, 6.07) is 5.97. The molecule has 0 aliphatic heterocycles. The Kier molecular flexibility index (Phi) is 5.24. The summed E-state index contributed by atoms with van der Waals surface area (Å²) < 4.78 is 62.4. The van der Waals surface area contributed by atoms with Crippen molar-refractivity contribution in [3.63, 3.8) is 0 Å². The molecule has 0 atom stereocenters. The summed E-state index contributed by atoms with van der Waals surface area (Å²) in [7, 11) is 0. The van der Waals surface area contributed by atoms with Crippen LogP contribution in [-0.4, -0.2) is 30.8 Å². The molecule has 10 heteroatoms. The largest absolute Gasteiger partial charge is 0.484 e. The number of anilines is 1. The van der Waals surface area contributed by atoms with Crippen molar-refractivity contribution in [1.82, 2.24) is 5.32 Å². The molecule has 2 N–H and O–H groups in total. The summed E-state index contributed by atoms with van der Waals surface area (Å²) in [5.41, 5.74) is -0.528. The minimum atomic E-state index is -1.08. The normalized spacial score (nSPS) is 23.2. The van der Waals surface area contributed by atoms with E-state index in [9.17, 15) is 27.2 Å². The summed E-state index contributed by atoms with van der Waals surface area (Å²) in [5.74, 6) is -4.51. The highest BCUT2D eigenvalue weighted by molar-refractivity contribution is 5.84. The van der Waals surface area contributed by atoms with Gasteiger partial charge in [-0.05, 0) is 43.5 Å². The van der Waals surface area contributed by atoms with Crippen LogP contribution in [0.2, 0.25) is 0 Å². The van der Waals surface area contributed by atoms with Crippen molar-refractivity contribution < 1.29 is 36.6 Å². The van der Waals surface area contributed by atoms with E-state index in [2.05, 4.69) is 10.6 Å². The predicted molar refractivity (Wildman–Crippen MR) is 100 cm³/mol. The number of carbonyl (C=O) groups excluding carboxylic acids is 2. The van der Waals surface area contributed by atoms with Gasteiger partial charge >= 0.3 is 6.09 Å². The lowest BCUT2D eigenvalue weighted by Gasteiger charge is -2.70. The van der Waals surface area contributed by atoms with Crippen LogP contribution in [0, 0.1) is 28.7 Å². The van der Waals surface area contributed by atoms with Gasteiger partial charge in [0.2, 0.25) is 0 Å². The van der Waals surface area contributed by atoms with Crippen LogP contribution in [-0.2, 0) is 9.53 Å². The van der Waals surface area contributed by atoms with Crippen molar-refractivity contribution in [1.29, 1.82) is 0 Å². The van der Waals surface area contributed by atoms with Gasteiger partial charge in [-0.1, -0.05) is 0 Å². The Morgan fingerprint density at radius 1 is 0.903 bits per heavy atom. The van der Waals surface area contributed by atoms with E-state index in [1.807, 2.05) is 0 Å². The average Bonchev–Trinajstić information content (AvgIpc) is 2.66. The molecule has 0 heterocycles. The standard InChI is InChI=1S/C21H18F4N2O4/c22-14-3-1-12(5-16(14)24)26-19(29)31-11-20-8-21(9-20,10-20)27-18(28)7-30-13-2-4-15(23)17(25)6-13/h1-6H,7-11H2,(H,26,29)(H,27,28). The van der Waals surface area contributed by atoms with Gasteiger partial charge in [0, 0.05) is 28.8 Å². The van der Waals surface area contributed by atoms with Crippen LogP contribution in [0.15, 0.2) is 36.4 Å². The third-order valence-electron chi connectivity index (χ3n) is 5.48. The first kappa shape index (κ1) is 21.0. The molecule has 2 amide bonds. The second-order valence-electron chi connectivity index (χ2n) is 8.05. The maximum absolute atomic E-state index is 13.2. The van der Waals surface area contributed by atoms with Crippen molar-refractivity contribution in [3.8, 4) is 5.75 Å². The number of carbonyl (C=O) groups is 2. The van der Waals surface area contributed by atoms with Crippen molar-refractivity contribution in [2.45, 2.75) is 24.8 Å². The van der Waals surface area contributed by atoms with Gasteiger partial charge in [-0.3, -0.25) is 10.1 Å². The van der Waals surface area contributed by atoms with Gasteiger partial charge in [-0.2, -0.15) is 0 Å². The van der Waals surface area contributed by atoms with Crippen LogP contribution in [0.25, 0.3) is 0 Å². The highest BCUT2D eigenvalue weighted by atomic mass is 19.2. The van der Waals surface area contributed by atoms with Crippen molar-refractivity contribution in [2.75, 3.05) is 18.5 Å². The molecule has 0 saturated heterocycles. The molecule has 6 nitrogen and oxygen atoms in total. The van der Waals surface area contributed by atoms with Crippen molar-refractivity contribution >= 4 is 17.7 Å². The molecule has 3 fully saturated rings. The van der Waals surface area contributed by atoms with E-state index in [-0.39, 0.29) is 35.6 Å². The van der Waals surface area contributed by atoms with E-state index in [1.54, 1.807) is 0 Å². The molecule has 164 valence electrons. The van der Waals surface area contributed by atoms with Crippen LogP contribution < -0.4 is 15.4 Å². The van der Waals surface area contributed by atoms with Crippen LogP contribution in [0.4, 0.5) is 28.0 Å². The van der Waals surface area contributed by atoms with E-state index < -0.39 is 35.3 Å². The van der Waals surface area contributed by atoms with Crippen LogP contribution in [0.3, 0.4) is 0 Å². The molecule has 2 aromatic rings. The molecule has 2 bridgehead atoms. The third kappa shape index (κ3) is 4.42. The number of halogens is 4. The first-order chi connectivity index (χ1) is 14.7. The fraction of sp³-hybridized carbons (Fsp3) is 0.333. The van der Waals surface area contributed by atoms with E-state index in [1.165, 1.54) is 12.1 Å². The van der Waals surface area contributed by atoms with Gasteiger partial charge < -0.3 is 14.8 Å². The topological polar surface area (TPSA) is 76.7 Å². The molecule has 2 aromatic carbocycles. The number of amides is 2. The monoisotopic (exact) mass is 438 g/mol. The fourth-order valence-corrected chi connectivity index (χ4v) is 4.28. The molecule has 0 spiro atoms. The Hall–Kier alpha value is -3.30. The zero-order valence-corrected chi connectivity index (χ0v) is 16.1. The SMILES string of the molecule is O=C(COc1ccc(F)c(F)c1)NC12CC(COC(=O)Nc3ccc(F)c(F)c3)(C1)C2. The minimum Gasteiger partial charge on any atom is -0.484 e. The molecule has 3 saturated carbocycles. The molecule has 0 radical (unpaired) electrons. The first-order valence-electron chi connectivity index (χ1n) is 9.45. The number of hydrogen-bond donors (Lipinski definition) is 2. The van der Waals surface area contributed by atoms with E-state index in [0.29, 0.717) is 19.3 Å². The molecule has 31 heavy (non-hydrogen) atoms. The molecular weight excluding hydrogens is 420 g/mol. The van der Waals surface area contributed by atoms with Gasteiger partial charge in [0.05, 0.1) is 6.61 Å². The molecule has 3 aliphatic carbocycles. The summed E-state index contributed by atoms with van der Waals surface area (Å²) in [6.07, 6.45) is 1.08. The first-order valence-corrected chi connectivity index (χ1v) is 9.45. The maximum atomic E-state index is 13.2. The predicted octanol–water partition coefficient (Wildman–Crippen LogP) is 3.91. The Bertz CT molecular complexity index is 1030. The van der Waals surface area contributed by atoms with Gasteiger partial charge in [0.1, 0.15) is 5.75 Å². The Morgan fingerprint density at radius 2 is 1.55 bits per heavy atom. The number of benzene rings is 2.